The van der Waals surface area contributed by atoms with Crippen molar-refractivity contribution in [1.82, 2.24) is 20.1 Å². The average molecular weight is 461 g/mol. The molecule has 2 atom stereocenters. The van der Waals surface area contributed by atoms with Crippen LogP contribution in [0.25, 0.3) is 21.6 Å². The number of pyridine rings is 1. The van der Waals surface area contributed by atoms with E-state index in [-0.39, 0.29) is 29.6 Å². The van der Waals surface area contributed by atoms with Crippen LogP contribution in [0.3, 0.4) is 0 Å². The van der Waals surface area contributed by atoms with E-state index in [1.165, 1.54) is 0 Å². The van der Waals surface area contributed by atoms with E-state index in [2.05, 4.69) is 10.4 Å². The molecular weight excluding hydrogens is 436 g/mol. The van der Waals surface area contributed by atoms with Crippen molar-refractivity contribution in [1.29, 1.82) is 0 Å². The molecule has 0 saturated carbocycles. The lowest BCUT2D eigenvalue weighted by molar-refractivity contribution is 0.0859. The van der Waals surface area contributed by atoms with Gasteiger partial charge < -0.3 is 10.1 Å². The topological polar surface area (TPSA) is 103 Å². The van der Waals surface area contributed by atoms with Crippen LogP contribution in [0.2, 0.25) is 0 Å². The molecule has 3 aromatic heterocycles. The van der Waals surface area contributed by atoms with Crippen LogP contribution in [0.1, 0.15) is 41.4 Å². The van der Waals surface area contributed by atoms with Gasteiger partial charge in [-0.1, -0.05) is 6.07 Å². The number of rotatable bonds is 5. The molecule has 2 aliphatic rings. The molecule has 0 radical (unpaired) electrons. The quantitative estimate of drug-likeness (QED) is 0.628. The van der Waals surface area contributed by atoms with Gasteiger partial charge in [-0.25, -0.2) is 18.1 Å². The molecule has 2 saturated heterocycles. The number of sulfone groups is 1. The normalized spacial score (nSPS) is 22.9. The Kier molecular flexibility index (Phi) is 5.31. The Morgan fingerprint density at radius 3 is 2.94 bits per heavy atom. The van der Waals surface area contributed by atoms with Gasteiger partial charge in [0.1, 0.15) is 0 Å². The first-order chi connectivity index (χ1) is 14.9. The number of carbonyl (C=O) groups is 1. The highest BCUT2D eigenvalue weighted by Crippen LogP contribution is 2.33. The summed E-state index contributed by atoms with van der Waals surface area (Å²) >= 11 is 1.54. The van der Waals surface area contributed by atoms with Crippen LogP contribution in [-0.4, -0.2) is 59.9 Å². The third-order valence-corrected chi connectivity index (χ3v) is 8.57. The largest absolute Gasteiger partial charge is 0.376 e. The summed E-state index contributed by atoms with van der Waals surface area (Å²) in [6, 6.07) is 5.44. The summed E-state index contributed by atoms with van der Waals surface area (Å²) in [5.74, 6) is 0.00827. The number of thiophene rings is 1. The van der Waals surface area contributed by atoms with E-state index in [1.54, 1.807) is 16.0 Å². The number of nitrogens with zero attached hydrogens (tertiary/aromatic N) is 3. The molecule has 0 bridgehead atoms. The first kappa shape index (κ1) is 20.6. The molecule has 10 heteroatoms. The van der Waals surface area contributed by atoms with Gasteiger partial charge in [-0.2, -0.15) is 5.10 Å². The summed E-state index contributed by atoms with van der Waals surface area (Å²) in [5.41, 5.74) is 2.43. The summed E-state index contributed by atoms with van der Waals surface area (Å²) in [7, 11) is -3.08. The minimum absolute atomic E-state index is 0.0468. The van der Waals surface area contributed by atoms with Crippen molar-refractivity contribution in [2.75, 3.05) is 24.7 Å². The van der Waals surface area contributed by atoms with Crippen molar-refractivity contribution >= 4 is 38.1 Å². The van der Waals surface area contributed by atoms with E-state index in [1.807, 2.05) is 30.5 Å². The maximum absolute atomic E-state index is 13.2. The third-order valence-electron chi connectivity index (χ3n) is 5.92. The number of hydrogen-bond acceptors (Lipinski definition) is 7. The zero-order chi connectivity index (χ0) is 21.6. The molecule has 2 fully saturated rings. The second-order valence-electron chi connectivity index (χ2n) is 8.16. The van der Waals surface area contributed by atoms with Crippen LogP contribution < -0.4 is 5.32 Å². The second kappa shape index (κ2) is 7.99. The number of amides is 1. The molecule has 0 spiro atoms. The highest BCUT2D eigenvalue weighted by Gasteiger charge is 2.32. The Morgan fingerprint density at radius 1 is 1.39 bits per heavy atom. The first-order valence-corrected chi connectivity index (χ1v) is 13.2. The molecule has 0 aromatic carbocycles. The number of hydrogen-bond donors (Lipinski definition) is 1. The fourth-order valence-electron chi connectivity index (χ4n) is 4.37. The third kappa shape index (κ3) is 3.99. The average Bonchev–Trinajstić information content (AvgIpc) is 3.53. The lowest BCUT2D eigenvalue weighted by Crippen LogP contribution is -2.32. The van der Waals surface area contributed by atoms with E-state index in [4.69, 9.17) is 9.72 Å². The summed E-state index contributed by atoms with van der Waals surface area (Å²) in [6.45, 7) is 3.04. The SMILES string of the molecule is Cc1nn([C@@H]2CCS(=O)(=O)C2)c2nc(-c3cccs3)cc(C(=O)NC[C@@H]3CCCO3)c12. The number of aryl methyl sites for hydroxylation is 1. The zero-order valence-corrected chi connectivity index (χ0v) is 18.8. The Morgan fingerprint density at radius 2 is 2.26 bits per heavy atom. The van der Waals surface area contributed by atoms with E-state index < -0.39 is 9.84 Å². The van der Waals surface area contributed by atoms with Gasteiger partial charge in [-0.3, -0.25) is 4.79 Å². The summed E-state index contributed by atoms with van der Waals surface area (Å²) in [5, 5.41) is 10.3. The highest BCUT2D eigenvalue weighted by atomic mass is 32.2. The van der Waals surface area contributed by atoms with Gasteiger partial charge in [0, 0.05) is 13.2 Å². The van der Waals surface area contributed by atoms with E-state index in [0.29, 0.717) is 41.0 Å². The van der Waals surface area contributed by atoms with E-state index in [0.717, 1.165) is 24.3 Å². The number of carbonyl (C=O) groups excluding carboxylic acids is 1. The molecule has 5 heterocycles. The predicted molar refractivity (Wildman–Crippen MR) is 119 cm³/mol. The van der Waals surface area contributed by atoms with E-state index in [9.17, 15) is 13.2 Å². The first-order valence-electron chi connectivity index (χ1n) is 10.5. The van der Waals surface area contributed by atoms with Gasteiger partial charge in [0.2, 0.25) is 0 Å². The Hall–Kier alpha value is -2.30. The van der Waals surface area contributed by atoms with Crippen molar-refractivity contribution in [2.45, 2.75) is 38.3 Å². The maximum Gasteiger partial charge on any atom is 0.252 e. The molecule has 3 aromatic rings. The molecule has 2 aliphatic heterocycles. The standard InChI is InChI=1S/C21H24N4O4S2/c1-13-19-16(21(26)22-11-15-4-2-7-29-15)10-17(18-5-3-8-30-18)23-20(19)25(24-13)14-6-9-31(27,28)12-14/h3,5,8,10,14-15H,2,4,6-7,9,11-12H2,1H3,(H,22,26)/t14-,15+/m1/s1. The lowest BCUT2D eigenvalue weighted by Gasteiger charge is -2.13. The number of fused-ring (bicyclic) bond motifs is 1. The minimum atomic E-state index is -3.08. The molecule has 8 nitrogen and oxygen atoms in total. The Labute approximate surface area is 184 Å². The zero-order valence-electron chi connectivity index (χ0n) is 17.2. The van der Waals surface area contributed by atoms with Crippen LogP contribution in [0.4, 0.5) is 0 Å². The Bertz CT molecular complexity index is 1230. The number of nitrogens with one attached hydrogen (secondary N) is 1. The molecule has 1 N–H and O–H groups in total. The van der Waals surface area contributed by atoms with Gasteiger partial charge in [0.15, 0.2) is 15.5 Å². The van der Waals surface area contributed by atoms with Crippen LogP contribution in [0.5, 0.6) is 0 Å². The van der Waals surface area contributed by atoms with Gasteiger partial charge in [0.25, 0.3) is 5.91 Å². The minimum Gasteiger partial charge on any atom is -0.376 e. The van der Waals surface area contributed by atoms with Crippen molar-refractivity contribution in [3.05, 3.63) is 34.8 Å². The molecule has 0 unspecified atom stereocenters. The molecule has 31 heavy (non-hydrogen) atoms. The molecule has 0 aliphatic carbocycles. The molecule has 5 rings (SSSR count). The van der Waals surface area contributed by atoms with Crippen molar-refractivity contribution in [3.8, 4) is 10.6 Å². The lowest BCUT2D eigenvalue weighted by atomic mass is 10.1. The molecular formula is C21H24N4O4S2. The number of ether oxygens (including phenoxy) is 1. The van der Waals surface area contributed by atoms with Crippen molar-refractivity contribution < 1.29 is 17.9 Å². The summed E-state index contributed by atoms with van der Waals surface area (Å²) in [6.07, 6.45) is 2.51. The van der Waals surface area contributed by atoms with Crippen LogP contribution in [-0.2, 0) is 14.6 Å². The smallest absolute Gasteiger partial charge is 0.252 e. The highest BCUT2D eigenvalue weighted by molar-refractivity contribution is 7.91. The van der Waals surface area contributed by atoms with Crippen LogP contribution in [0, 0.1) is 6.92 Å². The van der Waals surface area contributed by atoms with Gasteiger partial charge in [0.05, 0.1) is 50.9 Å². The van der Waals surface area contributed by atoms with Crippen molar-refractivity contribution in [3.63, 3.8) is 0 Å². The second-order valence-corrected chi connectivity index (χ2v) is 11.3. The Balaban J connectivity index is 1.59. The molecule has 164 valence electrons. The van der Waals surface area contributed by atoms with E-state index >= 15 is 0 Å². The molecule has 1 amide bonds. The number of aromatic nitrogens is 3. The summed E-state index contributed by atoms with van der Waals surface area (Å²) in [4.78, 5) is 19.0. The fraction of sp³-hybridized carbons (Fsp3) is 0.476. The van der Waals surface area contributed by atoms with Gasteiger partial charge in [-0.15, -0.1) is 11.3 Å². The van der Waals surface area contributed by atoms with Crippen molar-refractivity contribution in [2.24, 2.45) is 0 Å². The van der Waals surface area contributed by atoms with Crippen LogP contribution in [0.15, 0.2) is 23.6 Å². The fourth-order valence-corrected chi connectivity index (χ4v) is 6.75. The predicted octanol–water partition coefficient (Wildman–Crippen LogP) is 2.74. The maximum atomic E-state index is 13.2. The van der Waals surface area contributed by atoms with Gasteiger partial charge >= 0.3 is 0 Å². The summed E-state index contributed by atoms with van der Waals surface area (Å²) < 4.78 is 31.5. The van der Waals surface area contributed by atoms with Gasteiger partial charge in [-0.05, 0) is 43.7 Å². The van der Waals surface area contributed by atoms with Crippen LogP contribution >= 0.6 is 11.3 Å². The monoisotopic (exact) mass is 460 g/mol.